The van der Waals surface area contributed by atoms with Gasteiger partial charge in [-0.3, -0.25) is 4.79 Å². The Morgan fingerprint density at radius 1 is 1.21 bits per heavy atom. The molecule has 0 aliphatic rings. The van der Waals surface area contributed by atoms with Gasteiger partial charge in [0.2, 0.25) is 0 Å². The highest BCUT2D eigenvalue weighted by Gasteiger charge is 2.05. The minimum Gasteiger partial charge on any atom is -0.486 e. The Morgan fingerprint density at radius 2 is 1.95 bits per heavy atom. The van der Waals surface area contributed by atoms with E-state index in [1.807, 2.05) is 6.07 Å². The van der Waals surface area contributed by atoms with Crippen molar-refractivity contribution in [2.24, 2.45) is 0 Å². The van der Waals surface area contributed by atoms with Crippen LogP contribution >= 0.6 is 0 Å². The number of rotatable bonds is 4. The normalized spacial score (nSPS) is 9.68. The van der Waals surface area contributed by atoms with Crippen molar-refractivity contribution in [1.82, 2.24) is 0 Å². The molecule has 0 spiro atoms. The second-order valence-corrected chi connectivity index (χ2v) is 3.91. The Balaban J connectivity index is 2.05. The maximum atomic E-state index is 13.5. The summed E-state index contributed by atoms with van der Waals surface area (Å²) in [5.41, 5.74) is 1.66. The standard InChI is InChI=1S/C15H10FNO2/c16-14-7-13(9-18)5-6-15(14)19-10-12-3-1-11(8-17)2-4-12/h1-7,9H,10H2. The quantitative estimate of drug-likeness (QED) is 0.789. The molecular formula is C15H10FNO2. The van der Waals surface area contributed by atoms with Crippen LogP contribution in [-0.4, -0.2) is 6.29 Å². The molecule has 0 saturated heterocycles. The molecule has 3 nitrogen and oxygen atoms in total. The summed E-state index contributed by atoms with van der Waals surface area (Å²) < 4.78 is 18.9. The monoisotopic (exact) mass is 255 g/mol. The van der Waals surface area contributed by atoms with Crippen LogP contribution in [0.3, 0.4) is 0 Å². The van der Waals surface area contributed by atoms with E-state index in [9.17, 15) is 9.18 Å². The van der Waals surface area contributed by atoms with Gasteiger partial charge in [0.05, 0.1) is 11.6 Å². The van der Waals surface area contributed by atoms with Crippen molar-refractivity contribution in [3.63, 3.8) is 0 Å². The van der Waals surface area contributed by atoms with Crippen LogP contribution in [0.4, 0.5) is 4.39 Å². The molecule has 0 radical (unpaired) electrons. The first-order valence-electron chi connectivity index (χ1n) is 5.59. The molecule has 0 atom stereocenters. The van der Waals surface area contributed by atoms with Crippen molar-refractivity contribution < 1.29 is 13.9 Å². The van der Waals surface area contributed by atoms with Gasteiger partial charge < -0.3 is 4.74 Å². The molecule has 94 valence electrons. The van der Waals surface area contributed by atoms with Gasteiger partial charge in [0, 0.05) is 5.56 Å². The van der Waals surface area contributed by atoms with Crippen LogP contribution in [0.5, 0.6) is 5.75 Å². The smallest absolute Gasteiger partial charge is 0.165 e. The van der Waals surface area contributed by atoms with Crippen LogP contribution in [0.15, 0.2) is 42.5 Å². The molecule has 0 aliphatic heterocycles. The van der Waals surface area contributed by atoms with E-state index < -0.39 is 5.82 Å². The number of carbonyl (C=O) groups is 1. The van der Waals surface area contributed by atoms with Gasteiger partial charge in [-0.15, -0.1) is 0 Å². The fourth-order valence-electron chi connectivity index (χ4n) is 1.54. The summed E-state index contributed by atoms with van der Waals surface area (Å²) in [6, 6.07) is 12.9. The van der Waals surface area contributed by atoms with Crippen molar-refractivity contribution in [2.75, 3.05) is 0 Å². The maximum Gasteiger partial charge on any atom is 0.165 e. The lowest BCUT2D eigenvalue weighted by Crippen LogP contribution is -1.98. The summed E-state index contributed by atoms with van der Waals surface area (Å²) in [5, 5.41) is 8.66. The molecular weight excluding hydrogens is 245 g/mol. The number of hydrogen-bond acceptors (Lipinski definition) is 3. The Kier molecular flexibility index (Phi) is 3.89. The Labute approximate surface area is 109 Å². The van der Waals surface area contributed by atoms with Gasteiger partial charge in [0.25, 0.3) is 0 Å². The zero-order chi connectivity index (χ0) is 13.7. The second-order valence-electron chi connectivity index (χ2n) is 3.91. The average molecular weight is 255 g/mol. The Bertz CT molecular complexity index is 630. The van der Waals surface area contributed by atoms with E-state index in [0.717, 1.165) is 11.6 Å². The van der Waals surface area contributed by atoms with Gasteiger partial charge in [-0.1, -0.05) is 12.1 Å². The molecule has 0 fully saturated rings. The van der Waals surface area contributed by atoms with Crippen molar-refractivity contribution in [3.05, 3.63) is 65.0 Å². The molecule has 0 aliphatic carbocycles. The topological polar surface area (TPSA) is 50.1 Å². The number of aldehydes is 1. The van der Waals surface area contributed by atoms with Crippen LogP contribution < -0.4 is 4.74 Å². The molecule has 2 rings (SSSR count). The van der Waals surface area contributed by atoms with E-state index in [1.165, 1.54) is 12.1 Å². The van der Waals surface area contributed by atoms with Crippen LogP contribution in [0, 0.1) is 17.1 Å². The van der Waals surface area contributed by atoms with Crippen molar-refractivity contribution in [2.45, 2.75) is 6.61 Å². The SMILES string of the molecule is N#Cc1ccc(COc2ccc(C=O)cc2F)cc1. The molecule has 2 aromatic carbocycles. The summed E-state index contributed by atoms with van der Waals surface area (Å²) >= 11 is 0. The minimum atomic E-state index is -0.571. The largest absolute Gasteiger partial charge is 0.486 e. The van der Waals surface area contributed by atoms with Crippen LogP contribution in [-0.2, 0) is 6.61 Å². The Hall–Kier alpha value is -2.67. The first-order valence-corrected chi connectivity index (χ1v) is 5.59. The van der Waals surface area contributed by atoms with E-state index >= 15 is 0 Å². The third-order valence-corrected chi connectivity index (χ3v) is 2.57. The molecule has 0 aromatic heterocycles. The fourth-order valence-corrected chi connectivity index (χ4v) is 1.54. The molecule has 0 N–H and O–H groups in total. The predicted octanol–water partition coefficient (Wildman–Crippen LogP) is 3.09. The van der Waals surface area contributed by atoms with Crippen LogP contribution in [0.1, 0.15) is 21.5 Å². The number of benzene rings is 2. The maximum absolute atomic E-state index is 13.5. The lowest BCUT2D eigenvalue weighted by atomic mass is 10.1. The van der Waals surface area contributed by atoms with Gasteiger partial charge in [-0.25, -0.2) is 4.39 Å². The van der Waals surface area contributed by atoms with Gasteiger partial charge in [0.15, 0.2) is 11.6 Å². The highest BCUT2D eigenvalue weighted by atomic mass is 19.1. The van der Waals surface area contributed by atoms with Crippen molar-refractivity contribution >= 4 is 6.29 Å². The molecule has 4 heteroatoms. The molecule has 0 saturated carbocycles. The summed E-state index contributed by atoms with van der Waals surface area (Å²) in [6.45, 7) is 0.197. The average Bonchev–Trinajstić information content (AvgIpc) is 2.46. The number of nitriles is 1. The highest BCUT2D eigenvalue weighted by molar-refractivity contribution is 5.74. The van der Waals surface area contributed by atoms with Crippen LogP contribution in [0.2, 0.25) is 0 Å². The molecule has 0 amide bonds. The molecule has 0 bridgehead atoms. The zero-order valence-electron chi connectivity index (χ0n) is 9.97. The Morgan fingerprint density at radius 3 is 2.53 bits per heavy atom. The highest BCUT2D eigenvalue weighted by Crippen LogP contribution is 2.19. The van der Waals surface area contributed by atoms with Gasteiger partial charge in [0.1, 0.15) is 12.9 Å². The minimum absolute atomic E-state index is 0.0926. The summed E-state index contributed by atoms with van der Waals surface area (Å²) in [7, 11) is 0. The third kappa shape index (κ3) is 3.17. The number of carbonyl (C=O) groups excluding carboxylic acids is 1. The lowest BCUT2D eigenvalue weighted by Gasteiger charge is -2.07. The van der Waals surface area contributed by atoms with Gasteiger partial charge in [-0.05, 0) is 35.9 Å². The van der Waals surface area contributed by atoms with Crippen LogP contribution in [0.25, 0.3) is 0 Å². The van der Waals surface area contributed by atoms with E-state index in [0.29, 0.717) is 11.8 Å². The first-order chi connectivity index (χ1) is 9.22. The predicted molar refractivity (Wildman–Crippen MR) is 67.3 cm³/mol. The third-order valence-electron chi connectivity index (χ3n) is 2.57. The number of hydrogen-bond donors (Lipinski definition) is 0. The molecule has 2 aromatic rings. The van der Waals surface area contributed by atoms with E-state index in [-0.39, 0.29) is 17.9 Å². The first kappa shape index (κ1) is 12.8. The van der Waals surface area contributed by atoms with Crippen molar-refractivity contribution in [3.8, 4) is 11.8 Å². The summed E-state index contributed by atoms with van der Waals surface area (Å²) in [5.74, 6) is -0.479. The van der Waals surface area contributed by atoms with E-state index in [1.54, 1.807) is 24.3 Å². The number of halogens is 1. The zero-order valence-corrected chi connectivity index (χ0v) is 9.97. The summed E-state index contributed by atoms with van der Waals surface area (Å²) in [6.07, 6.45) is 0.577. The molecule has 0 unspecified atom stereocenters. The fraction of sp³-hybridized carbons (Fsp3) is 0.0667. The van der Waals surface area contributed by atoms with E-state index in [2.05, 4.69) is 0 Å². The molecule has 0 heterocycles. The second kappa shape index (κ2) is 5.78. The van der Waals surface area contributed by atoms with Gasteiger partial charge in [-0.2, -0.15) is 5.26 Å². The van der Waals surface area contributed by atoms with Crippen molar-refractivity contribution in [1.29, 1.82) is 5.26 Å². The lowest BCUT2D eigenvalue weighted by molar-refractivity contribution is 0.112. The number of nitrogens with zero attached hydrogens (tertiary/aromatic N) is 1. The summed E-state index contributed by atoms with van der Waals surface area (Å²) in [4.78, 5) is 10.5. The number of ether oxygens (including phenoxy) is 1. The van der Waals surface area contributed by atoms with Gasteiger partial charge >= 0.3 is 0 Å². The van der Waals surface area contributed by atoms with E-state index in [4.69, 9.17) is 10.00 Å². The molecule has 19 heavy (non-hydrogen) atoms.